The summed E-state index contributed by atoms with van der Waals surface area (Å²) in [6.45, 7) is 7.12. The van der Waals surface area contributed by atoms with Crippen molar-refractivity contribution in [3.63, 3.8) is 0 Å². The van der Waals surface area contributed by atoms with Crippen molar-refractivity contribution >= 4 is 11.7 Å². The Hall–Kier alpha value is -3.22. The SMILES string of the molecule is Cc1nc(-c2cccc(NC(=O)N3CCc4c(cnc(C)c4C)C3)c2)no1. The van der Waals surface area contributed by atoms with Gasteiger partial charge in [-0.05, 0) is 49.1 Å². The molecule has 1 aliphatic heterocycles. The highest BCUT2D eigenvalue weighted by Gasteiger charge is 2.23. The van der Waals surface area contributed by atoms with Crippen LogP contribution < -0.4 is 5.32 Å². The molecule has 2 amide bonds. The smallest absolute Gasteiger partial charge is 0.322 e. The van der Waals surface area contributed by atoms with Crippen molar-refractivity contribution in [2.24, 2.45) is 0 Å². The van der Waals surface area contributed by atoms with E-state index in [0.717, 1.165) is 23.2 Å². The van der Waals surface area contributed by atoms with Gasteiger partial charge in [-0.15, -0.1) is 0 Å². The van der Waals surface area contributed by atoms with Crippen molar-refractivity contribution in [1.82, 2.24) is 20.0 Å². The van der Waals surface area contributed by atoms with Crippen molar-refractivity contribution in [1.29, 1.82) is 0 Å². The zero-order valence-corrected chi connectivity index (χ0v) is 15.6. The summed E-state index contributed by atoms with van der Waals surface area (Å²) in [7, 11) is 0. The lowest BCUT2D eigenvalue weighted by atomic mass is 9.96. The van der Waals surface area contributed by atoms with E-state index in [9.17, 15) is 4.79 Å². The van der Waals surface area contributed by atoms with Crippen LogP contribution in [-0.2, 0) is 13.0 Å². The van der Waals surface area contributed by atoms with E-state index in [1.807, 2.05) is 42.3 Å². The Balaban J connectivity index is 1.49. The van der Waals surface area contributed by atoms with Crippen LogP contribution in [0.25, 0.3) is 11.4 Å². The van der Waals surface area contributed by atoms with Crippen molar-refractivity contribution in [2.45, 2.75) is 33.7 Å². The number of anilines is 1. The van der Waals surface area contributed by atoms with Gasteiger partial charge < -0.3 is 14.7 Å². The third kappa shape index (κ3) is 3.40. The molecule has 0 aliphatic carbocycles. The lowest BCUT2D eigenvalue weighted by Crippen LogP contribution is -2.39. The molecule has 0 bridgehead atoms. The summed E-state index contributed by atoms with van der Waals surface area (Å²) < 4.78 is 5.02. The number of hydrogen-bond donors (Lipinski definition) is 1. The van der Waals surface area contributed by atoms with E-state index < -0.39 is 0 Å². The van der Waals surface area contributed by atoms with E-state index in [1.165, 1.54) is 11.1 Å². The second-order valence-electron chi connectivity index (χ2n) is 6.79. The van der Waals surface area contributed by atoms with Gasteiger partial charge in [0.2, 0.25) is 11.7 Å². The minimum Gasteiger partial charge on any atom is -0.339 e. The Kier molecular flexibility index (Phi) is 4.35. The molecule has 3 heterocycles. The molecular formula is C20H21N5O2. The van der Waals surface area contributed by atoms with Crippen molar-refractivity contribution in [3.8, 4) is 11.4 Å². The Morgan fingerprint density at radius 1 is 1.26 bits per heavy atom. The molecule has 0 saturated heterocycles. The van der Waals surface area contributed by atoms with Crippen LogP contribution in [-0.4, -0.2) is 32.6 Å². The van der Waals surface area contributed by atoms with E-state index in [0.29, 0.717) is 30.5 Å². The monoisotopic (exact) mass is 363 g/mol. The average molecular weight is 363 g/mol. The summed E-state index contributed by atoms with van der Waals surface area (Å²) in [5.41, 5.74) is 6.22. The van der Waals surface area contributed by atoms with Gasteiger partial charge in [0.15, 0.2) is 0 Å². The molecule has 7 heteroatoms. The number of pyridine rings is 1. The number of aromatic nitrogens is 3. The number of nitrogens with one attached hydrogen (secondary N) is 1. The van der Waals surface area contributed by atoms with Crippen LogP contribution in [0.15, 0.2) is 35.0 Å². The van der Waals surface area contributed by atoms with E-state index in [1.54, 1.807) is 6.92 Å². The van der Waals surface area contributed by atoms with E-state index in [-0.39, 0.29) is 6.03 Å². The van der Waals surface area contributed by atoms with Crippen LogP contribution in [0.1, 0.15) is 28.3 Å². The van der Waals surface area contributed by atoms with Crippen LogP contribution in [0.4, 0.5) is 10.5 Å². The maximum atomic E-state index is 12.7. The summed E-state index contributed by atoms with van der Waals surface area (Å²) >= 11 is 0. The molecule has 1 aliphatic rings. The number of fused-ring (bicyclic) bond motifs is 1. The van der Waals surface area contributed by atoms with E-state index in [4.69, 9.17) is 4.52 Å². The van der Waals surface area contributed by atoms with E-state index in [2.05, 4.69) is 27.4 Å². The molecule has 3 aromatic rings. The second kappa shape index (κ2) is 6.83. The summed E-state index contributed by atoms with van der Waals surface area (Å²) in [6, 6.07) is 7.31. The first-order valence-corrected chi connectivity index (χ1v) is 8.92. The molecule has 2 aromatic heterocycles. The molecule has 1 aromatic carbocycles. The second-order valence-corrected chi connectivity index (χ2v) is 6.79. The molecule has 138 valence electrons. The molecule has 0 fully saturated rings. The summed E-state index contributed by atoms with van der Waals surface area (Å²) in [5.74, 6) is 1.01. The quantitative estimate of drug-likeness (QED) is 0.751. The number of rotatable bonds is 2. The average Bonchev–Trinajstić information content (AvgIpc) is 3.11. The number of nitrogens with zero attached hydrogens (tertiary/aromatic N) is 4. The van der Waals surface area contributed by atoms with Gasteiger partial charge in [-0.1, -0.05) is 17.3 Å². The zero-order valence-electron chi connectivity index (χ0n) is 15.6. The number of benzene rings is 1. The van der Waals surface area contributed by atoms with Crippen LogP contribution in [0, 0.1) is 20.8 Å². The van der Waals surface area contributed by atoms with Gasteiger partial charge in [0.05, 0.1) is 0 Å². The fourth-order valence-electron chi connectivity index (χ4n) is 3.35. The molecular weight excluding hydrogens is 342 g/mol. The Bertz CT molecular complexity index is 1010. The Morgan fingerprint density at radius 2 is 2.11 bits per heavy atom. The highest BCUT2D eigenvalue weighted by Crippen LogP contribution is 2.24. The molecule has 0 atom stereocenters. The normalized spacial score (nSPS) is 13.4. The van der Waals surface area contributed by atoms with Gasteiger partial charge in [0.1, 0.15) is 0 Å². The number of aryl methyl sites for hydroxylation is 2. The minimum absolute atomic E-state index is 0.125. The van der Waals surface area contributed by atoms with Gasteiger partial charge in [-0.25, -0.2) is 4.79 Å². The fourth-order valence-corrected chi connectivity index (χ4v) is 3.35. The number of urea groups is 1. The first-order chi connectivity index (χ1) is 13.0. The van der Waals surface area contributed by atoms with Crippen LogP contribution in [0.5, 0.6) is 0 Å². The molecule has 0 unspecified atom stereocenters. The highest BCUT2D eigenvalue weighted by atomic mass is 16.5. The molecule has 4 rings (SSSR count). The first-order valence-electron chi connectivity index (χ1n) is 8.92. The summed E-state index contributed by atoms with van der Waals surface area (Å²) in [6.07, 6.45) is 2.73. The number of carbonyl (C=O) groups is 1. The molecule has 0 radical (unpaired) electrons. The molecule has 1 N–H and O–H groups in total. The standard InChI is InChI=1S/C20H21N5O2/c1-12-13(2)21-10-16-11-25(8-7-18(12)16)20(26)23-17-6-4-5-15(9-17)19-22-14(3)27-24-19/h4-6,9-10H,7-8,11H2,1-3H3,(H,23,26). The van der Waals surface area contributed by atoms with Crippen LogP contribution in [0.3, 0.4) is 0 Å². The molecule has 0 spiro atoms. The minimum atomic E-state index is -0.125. The number of amides is 2. The first kappa shape index (κ1) is 17.2. The zero-order chi connectivity index (χ0) is 19.0. The maximum absolute atomic E-state index is 12.7. The van der Waals surface area contributed by atoms with Crippen LogP contribution in [0.2, 0.25) is 0 Å². The van der Waals surface area contributed by atoms with Gasteiger partial charge in [-0.2, -0.15) is 4.98 Å². The lowest BCUT2D eigenvalue weighted by Gasteiger charge is -2.30. The van der Waals surface area contributed by atoms with Crippen molar-refractivity contribution < 1.29 is 9.32 Å². The Labute approximate surface area is 157 Å². The molecule has 7 nitrogen and oxygen atoms in total. The lowest BCUT2D eigenvalue weighted by molar-refractivity contribution is 0.206. The largest absolute Gasteiger partial charge is 0.339 e. The van der Waals surface area contributed by atoms with Gasteiger partial charge in [0, 0.05) is 43.2 Å². The molecule has 27 heavy (non-hydrogen) atoms. The van der Waals surface area contributed by atoms with Crippen molar-refractivity contribution in [3.05, 3.63) is 58.7 Å². The van der Waals surface area contributed by atoms with Gasteiger partial charge in [-0.3, -0.25) is 4.98 Å². The third-order valence-corrected chi connectivity index (χ3v) is 4.98. The number of carbonyl (C=O) groups excluding carboxylic acids is 1. The third-order valence-electron chi connectivity index (χ3n) is 4.98. The highest BCUT2D eigenvalue weighted by molar-refractivity contribution is 5.90. The summed E-state index contributed by atoms with van der Waals surface area (Å²) in [4.78, 5) is 23.2. The van der Waals surface area contributed by atoms with E-state index >= 15 is 0 Å². The van der Waals surface area contributed by atoms with Gasteiger partial charge >= 0.3 is 6.03 Å². The maximum Gasteiger partial charge on any atom is 0.322 e. The Morgan fingerprint density at radius 3 is 2.89 bits per heavy atom. The predicted octanol–water partition coefficient (Wildman–Crippen LogP) is 3.65. The predicted molar refractivity (Wildman–Crippen MR) is 101 cm³/mol. The summed E-state index contributed by atoms with van der Waals surface area (Å²) in [5, 5.41) is 6.89. The topological polar surface area (TPSA) is 84.2 Å². The molecule has 0 saturated carbocycles. The van der Waals surface area contributed by atoms with Gasteiger partial charge in [0.25, 0.3) is 0 Å². The van der Waals surface area contributed by atoms with Crippen molar-refractivity contribution in [2.75, 3.05) is 11.9 Å². The number of hydrogen-bond acceptors (Lipinski definition) is 5. The fraction of sp³-hybridized carbons (Fsp3) is 0.300. The van der Waals surface area contributed by atoms with Crippen LogP contribution >= 0.6 is 0 Å².